The van der Waals surface area contributed by atoms with Crippen molar-refractivity contribution in [3.8, 4) is 0 Å². The maximum Gasteiger partial charge on any atom is 0.245 e. The first-order chi connectivity index (χ1) is 9.81. The second-order valence-electron chi connectivity index (χ2n) is 4.49. The summed E-state index contributed by atoms with van der Waals surface area (Å²) in [6.45, 7) is 0.0970. The van der Waals surface area contributed by atoms with E-state index in [1.807, 2.05) is 54.6 Å². The number of amides is 1. The van der Waals surface area contributed by atoms with E-state index in [-0.39, 0.29) is 17.7 Å². The highest BCUT2D eigenvalue weighted by molar-refractivity contribution is 8.00. The van der Waals surface area contributed by atoms with Crippen molar-refractivity contribution < 1.29 is 9.59 Å². The number of fused-ring (bicyclic) bond motifs is 1. The van der Waals surface area contributed by atoms with Crippen LogP contribution in [0.15, 0.2) is 59.5 Å². The highest BCUT2D eigenvalue weighted by Gasteiger charge is 2.33. The molecule has 0 fully saturated rings. The summed E-state index contributed by atoms with van der Waals surface area (Å²) >= 11 is 1.54. The fourth-order valence-corrected chi connectivity index (χ4v) is 3.55. The van der Waals surface area contributed by atoms with E-state index in [0.717, 1.165) is 22.4 Å². The van der Waals surface area contributed by atoms with Crippen molar-refractivity contribution in [3.63, 3.8) is 0 Å². The highest BCUT2D eigenvalue weighted by atomic mass is 32.2. The van der Waals surface area contributed by atoms with Crippen molar-refractivity contribution in [2.45, 2.75) is 10.1 Å². The average Bonchev–Trinajstić information content (AvgIpc) is 2.51. The van der Waals surface area contributed by atoms with E-state index in [9.17, 15) is 9.59 Å². The normalized spacial score (nSPS) is 17.7. The maximum atomic E-state index is 12.6. The highest BCUT2D eigenvalue weighted by Crippen LogP contribution is 2.46. The summed E-state index contributed by atoms with van der Waals surface area (Å²) in [5, 5.41) is -0.286. The number of hydrogen-bond donors (Lipinski definition) is 0. The molecule has 0 saturated carbocycles. The molecule has 2 aromatic rings. The quantitative estimate of drug-likeness (QED) is 0.812. The van der Waals surface area contributed by atoms with Crippen LogP contribution in [-0.2, 0) is 9.59 Å². The number of anilines is 1. The minimum absolute atomic E-state index is 0.0352. The summed E-state index contributed by atoms with van der Waals surface area (Å²) in [7, 11) is 0. The first kappa shape index (κ1) is 12.9. The molecule has 0 saturated heterocycles. The van der Waals surface area contributed by atoms with E-state index in [0.29, 0.717) is 0 Å². The Balaban J connectivity index is 2.04. The number of rotatable bonds is 3. The van der Waals surface area contributed by atoms with Gasteiger partial charge in [0.15, 0.2) is 0 Å². The molecule has 0 bridgehead atoms. The van der Waals surface area contributed by atoms with Crippen LogP contribution in [0.25, 0.3) is 0 Å². The van der Waals surface area contributed by atoms with Crippen molar-refractivity contribution in [2.75, 3.05) is 11.4 Å². The van der Waals surface area contributed by atoms with Gasteiger partial charge in [0, 0.05) is 4.90 Å². The summed E-state index contributed by atoms with van der Waals surface area (Å²) in [5.74, 6) is -0.0352. The van der Waals surface area contributed by atoms with Gasteiger partial charge in [-0.1, -0.05) is 42.5 Å². The zero-order chi connectivity index (χ0) is 13.9. The molecular formula is C16H13NO2S. The Bertz CT molecular complexity index is 642. The predicted octanol–water partition coefficient (Wildman–Crippen LogP) is 3.07. The van der Waals surface area contributed by atoms with Crippen molar-refractivity contribution in [3.05, 3.63) is 60.2 Å². The van der Waals surface area contributed by atoms with Crippen LogP contribution in [0.2, 0.25) is 0 Å². The monoisotopic (exact) mass is 283 g/mol. The number of hydrogen-bond acceptors (Lipinski definition) is 3. The van der Waals surface area contributed by atoms with E-state index < -0.39 is 0 Å². The molecule has 1 unspecified atom stereocenters. The van der Waals surface area contributed by atoms with Gasteiger partial charge in [-0.15, -0.1) is 11.8 Å². The van der Waals surface area contributed by atoms with Crippen LogP contribution in [0.3, 0.4) is 0 Å². The third-order valence-corrected chi connectivity index (χ3v) is 4.56. The van der Waals surface area contributed by atoms with E-state index in [1.54, 1.807) is 16.7 Å². The first-order valence-corrected chi connectivity index (χ1v) is 7.25. The molecule has 3 nitrogen and oxygen atoms in total. The van der Waals surface area contributed by atoms with Crippen LogP contribution in [0.5, 0.6) is 0 Å². The summed E-state index contributed by atoms with van der Waals surface area (Å²) in [6.07, 6.45) is 0.771. The van der Waals surface area contributed by atoms with Gasteiger partial charge in [-0.05, 0) is 17.7 Å². The van der Waals surface area contributed by atoms with Gasteiger partial charge in [-0.3, -0.25) is 4.79 Å². The molecule has 20 heavy (non-hydrogen) atoms. The molecule has 3 rings (SSSR count). The molecule has 0 radical (unpaired) electrons. The molecule has 1 aliphatic rings. The number of para-hydroxylation sites is 1. The second-order valence-corrected chi connectivity index (χ2v) is 5.64. The Labute approximate surface area is 121 Å². The maximum absolute atomic E-state index is 12.6. The second kappa shape index (κ2) is 5.51. The number of benzene rings is 2. The molecule has 0 spiro atoms. The van der Waals surface area contributed by atoms with Gasteiger partial charge < -0.3 is 9.69 Å². The van der Waals surface area contributed by atoms with Crippen molar-refractivity contribution in [1.29, 1.82) is 0 Å². The van der Waals surface area contributed by atoms with Crippen molar-refractivity contribution >= 4 is 29.6 Å². The van der Waals surface area contributed by atoms with Crippen LogP contribution < -0.4 is 4.90 Å². The van der Waals surface area contributed by atoms with Crippen LogP contribution in [0.1, 0.15) is 10.8 Å². The van der Waals surface area contributed by atoms with Gasteiger partial charge in [0.1, 0.15) is 11.5 Å². The molecule has 1 heterocycles. The Morgan fingerprint density at radius 1 is 1.05 bits per heavy atom. The SMILES string of the molecule is O=CCN1C(=O)C(c2ccccc2)Sc2ccccc21. The molecule has 2 aromatic carbocycles. The Morgan fingerprint density at radius 2 is 1.75 bits per heavy atom. The molecule has 1 atom stereocenters. The van der Waals surface area contributed by atoms with Gasteiger partial charge in [0.25, 0.3) is 0 Å². The molecule has 0 aromatic heterocycles. The number of aldehydes is 1. The van der Waals surface area contributed by atoms with Gasteiger partial charge in [-0.2, -0.15) is 0 Å². The molecule has 1 aliphatic heterocycles. The Morgan fingerprint density at radius 3 is 2.50 bits per heavy atom. The fraction of sp³-hybridized carbons (Fsp3) is 0.125. The largest absolute Gasteiger partial charge is 0.303 e. The van der Waals surface area contributed by atoms with Crippen LogP contribution >= 0.6 is 11.8 Å². The summed E-state index contributed by atoms with van der Waals surface area (Å²) < 4.78 is 0. The van der Waals surface area contributed by atoms with Gasteiger partial charge >= 0.3 is 0 Å². The lowest BCUT2D eigenvalue weighted by Crippen LogP contribution is -2.38. The standard InChI is InChI=1S/C16H13NO2S/c18-11-10-17-13-8-4-5-9-14(13)20-15(16(17)19)12-6-2-1-3-7-12/h1-9,11,15H,10H2. The van der Waals surface area contributed by atoms with Crippen LogP contribution in [-0.4, -0.2) is 18.7 Å². The van der Waals surface area contributed by atoms with Crippen LogP contribution in [0.4, 0.5) is 5.69 Å². The first-order valence-electron chi connectivity index (χ1n) is 6.37. The summed E-state index contributed by atoms with van der Waals surface area (Å²) in [6, 6.07) is 17.4. The summed E-state index contributed by atoms with van der Waals surface area (Å²) in [4.78, 5) is 26.1. The van der Waals surface area contributed by atoms with E-state index in [4.69, 9.17) is 0 Å². The van der Waals surface area contributed by atoms with E-state index >= 15 is 0 Å². The molecule has 100 valence electrons. The Kier molecular flexibility index (Phi) is 3.56. The zero-order valence-corrected chi connectivity index (χ0v) is 11.5. The topological polar surface area (TPSA) is 37.4 Å². The number of nitrogens with zero attached hydrogens (tertiary/aromatic N) is 1. The summed E-state index contributed by atoms with van der Waals surface area (Å²) in [5.41, 5.74) is 1.79. The van der Waals surface area contributed by atoms with Gasteiger partial charge in [0.2, 0.25) is 5.91 Å². The number of carbonyl (C=O) groups is 2. The molecular weight excluding hydrogens is 270 g/mol. The van der Waals surface area contributed by atoms with Gasteiger partial charge in [0.05, 0.1) is 12.2 Å². The number of thioether (sulfide) groups is 1. The Hall–Kier alpha value is -2.07. The minimum atomic E-state index is -0.286. The average molecular weight is 283 g/mol. The smallest absolute Gasteiger partial charge is 0.245 e. The third kappa shape index (κ3) is 2.23. The zero-order valence-electron chi connectivity index (χ0n) is 10.7. The fourth-order valence-electron chi connectivity index (χ4n) is 2.32. The molecule has 0 aliphatic carbocycles. The van der Waals surface area contributed by atoms with Gasteiger partial charge in [-0.25, -0.2) is 0 Å². The van der Waals surface area contributed by atoms with Crippen LogP contribution in [0, 0.1) is 0 Å². The predicted molar refractivity (Wildman–Crippen MR) is 79.9 cm³/mol. The van der Waals surface area contributed by atoms with E-state index in [2.05, 4.69) is 0 Å². The lowest BCUT2D eigenvalue weighted by Gasteiger charge is -2.32. The third-order valence-electron chi connectivity index (χ3n) is 3.25. The molecule has 0 N–H and O–H groups in total. The van der Waals surface area contributed by atoms with E-state index in [1.165, 1.54) is 0 Å². The lowest BCUT2D eigenvalue weighted by atomic mass is 10.1. The van der Waals surface area contributed by atoms with Crippen molar-refractivity contribution in [2.24, 2.45) is 0 Å². The van der Waals surface area contributed by atoms with Crippen molar-refractivity contribution in [1.82, 2.24) is 0 Å². The molecule has 4 heteroatoms. The minimum Gasteiger partial charge on any atom is -0.303 e. The molecule has 1 amide bonds. The lowest BCUT2D eigenvalue weighted by molar-refractivity contribution is -0.119. The number of carbonyl (C=O) groups excluding carboxylic acids is 2.